The summed E-state index contributed by atoms with van der Waals surface area (Å²) in [6, 6.07) is 15.6. The number of halogens is 1. The Morgan fingerprint density at radius 2 is 2.03 bits per heavy atom. The molecule has 2 N–H and O–H groups in total. The van der Waals surface area contributed by atoms with Gasteiger partial charge in [0.25, 0.3) is 5.91 Å². The number of aromatic nitrogens is 2. The molecule has 0 unspecified atom stereocenters. The molecule has 188 valence electrons. The van der Waals surface area contributed by atoms with Gasteiger partial charge in [0, 0.05) is 57.9 Å². The fourth-order valence-corrected chi connectivity index (χ4v) is 5.11. The average Bonchev–Trinajstić information content (AvgIpc) is 3.34. The summed E-state index contributed by atoms with van der Waals surface area (Å²) in [6.07, 6.45) is 2.77. The van der Waals surface area contributed by atoms with E-state index in [1.807, 2.05) is 48.5 Å². The minimum atomic E-state index is -0.137. The topological polar surface area (TPSA) is 82.6 Å². The molecule has 1 spiro atoms. The molecule has 3 heterocycles. The Hall–Kier alpha value is -3.36. The molecule has 3 aromatic rings. The lowest BCUT2D eigenvalue weighted by atomic mass is 9.81. The summed E-state index contributed by atoms with van der Waals surface area (Å²) in [6.45, 7) is 4.86. The van der Waals surface area contributed by atoms with Crippen molar-refractivity contribution in [2.45, 2.75) is 19.5 Å². The Labute approximate surface area is 216 Å². The Morgan fingerprint density at radius 3 is 2.69 bits per heavy atom. The zero-order valence-corrected chi connectivity index (χ0v) is 21.4. The number of nitrogens with zero attached hydrogens (tertiary/aromatic N) is 4. The van der Waals surface area contributed by atoms with Crippen molar-refractivity contribution in [3.8, 4) is 5.75 Å². The van der Waals surface area contributed by atoms with Crippen LogP contribution >= 0.6 is 11.6 Å². The van der Waals surface area contributed by atoms with Crippen LogP contribution in [0.5, 0.6) is 5.75 Å². The van der Waals surface area contributed by atoms with Crippen LogP contribution in [0.15, 0.2) is 54.7 Å². The average molecular weight is 507 g/mol. The first-order valence-electron chi connectivity index (χ1n) is 12.1. The third kappa shape index (κ3) is 5.10. The summed E-state index contributed by atoms with van der Waals surface area (Å²) in [4.78, 5) is 26.8. The monoisotopic (exact) mass is 506 g/mol. The third-order valence-corrected chi connectivity index (χ3v) is 7.31. The van der Waals surface area contributed by atoms with Crippen molar-refractivity contribution in [1.82, 2.24) is 20.2 Å². The van der Waals surface area contributed by atoms with E-state index in [0.29, 0.717) is 46.6 Å². The number of rotatable bonds is 8. The first-order valence-corrected chi connectivity index (χ1v) is 12.5. The second kappa shape index (κ2) is 10.3. The molecule has 2 aliphatic rings. The molecule has 2 aromatic carbocycles. The van der Waals surface area contributed by atoms with E-state index in [2.05, 4.69) is 20.5 Å². The number of nitrogens with one attached hydrogen (secondary N) is 2. The fraction of sp³-hybridized carbons (Fsp3) is 0.370. The summed E-state index contributed by atoms with van der Waals surface area (Å²) in [7, 11) is 3.39. The minimum Gasteiger partial charge on any atom is -0.495 e. The van der Waals surface area contributed by atoms with E-state index in [4.69, 9.17) is 21.3 Å². The van der Waals surface area contributed by atoms with Crippen molar-refractivity contribution in [3.05, 3.63) is 76.4 Å². The van der Waals surface area contributed by atoms with Gasteiger partial charge in [0.05, 0.1) is 12.1 Å². The standard InChI is InChI=1S/C27H31ClN6O2/c1-33(15-19-6-4-3-5-7-19)25(35)21-14-31-26(34-11-10-27(18-34)16-29-17-27)32-24(21)30-13-20-8-9-23(36-2)22(28)12-20/h3-9,12,14,29H,10-11,13,15-18H2,1-2H3,(H,30,31,32). The molecule has 0 radical (unpaired) electrons. The summed E-state index contributed by atoms with van der Waals surface area (Å²) in [5, 5.41) is 7.29. The maximum atomic E-state index is 13.5. The molecule has 0 aliphatic carbocycles. The van der Waals surface area contributed by atoms with Crippen LogP contribution in [0, 0.1) is 5.41 Å². The lowest BCUT2D eigenvalue weighted by Gasteiger charge is -2.39. The van der Waals surface area contributed by atoms with Gasteiger partial charge in [0.2, 0.25) is 5.95 Å². The Bertz CT molecular complexity index is 1230. The number of benzene rings is 2. The summed E-state index contributed by atoms with van der Waals surface area (Å²) < 4.78 is 5.26. The van der Waals surface area contributed by atoms with Gasteiger partial charge in [-0.25, -0.2) is 4.98 Å². The lowest BCUT2D eigenvalue weighted by Crippen LogP contribution is -2.54. The molecule has 2 aliphatic heterocycles. The van der Waals surface area contributed by atoms with Crippen LogP contribution in [-0.4, -0.2) is 61.1 Å². The van der Waals surface area contributed by atoms with Crippen molar-refractivity contribution in [3.63, 3.8) is 0 Å². The Morgan fingerprint density at radius 1 is 1.22 bits per heavy atom. The van der Waals surface area contributed by atoms with E-state index >= 15 is 0 Å². The van der Waals surface area contributed by atoms with Crippen LogP contribution < -0.4 is 20.3 Å². The van der Waals surface area contributed by atoms with Crippen molar-refractivity contribution < 1.29 is 9.53 Å². The molecule has 8 nitrogen and oxygen atoms in total. The summed E-state index contributed by atoms with van der Waals surface area (Å²) in [5.74, 6) is 1.65. The normalized spacial score (nSPS) is 16.0. The first-order chi connectivity index (χ1) is 17.5. The van der Waals surface area contributed by atoms with E-state index in [0.717, 1.165) is 43.7 Å². The number of amides is 1. The van der Waals surface area contributed by atoms with Gasteiger partial charge in [-0.1, -0.05) is 48.0 Å². The van der Waals surface area contributed by atoms with Crippen LogP contribution in [0.3, 0.4) is 0 Å². The Balaban J connectivity index is 1.39. The highest BCUT2D eigenvalue weighted by Crippen LogP contribution is 2.36. The highest BCUT2D eigenvalue weighted by molar-refractivity contribution is 6.32. The molecule has 36 heavy (non-hydrogen) atoms. The molecular formula is C27H31ClN6O2. The molecule has 5 rings (SSSR count). The smallest absolute Gasteiger partial charge is 0.259 e. The molecule has 2 saturated heterocycles. The number of carbonyl (C=O) groups excluding carboxylic acids is 1. The second-order valence-corrected chi connectivity index (χ2v) is 10.1. The highest BCUT2D eigenvalue weighted by atomic mass is 35.5. The second-order valence-electron chi connectivity index (χ2n) is 9.68. The SMILES string of the molecule is COc1ccc(CNc2nc(N3CCC4(CNC4)C3)ncc2C(=O)N(C)Cc2ccccc2)cc1Cl. The molecule has 1 aromatic heterocycles. The van der Waals surface area contributed by atoms with E-state index in [9.17, 15) is 4.79 Å². The van der Waals surface area contributed by atoms with E-state index in [1.165, 1.54) is 0 Å². The van der Waals surface area contributed by atoms with Crippen molar-refractivity contribution in [2.24, 2.45) is 5.41 Å². The van der Waals surface area contributed by atoms with Gasteiger partial charge in [-0.05, 0) is 29.7 Å². The quantitative estimate of drug-likeness (QED) is 0.480. The van der Waals surface area contributed by atoms with Gasteiger partial charge in [0.15, 0.2) is 0 Å². The number of hydrogen-bond donors (Lipinski definition) is 2. The molecular weight excluding hydrogens is 476 g/mol. The maximum absolute atomic E-state index is 13.5. The zero-order chi connectivity index (χ0) is 25.1. The largest absolute Gasteiger partial charge is 0.495 e. The van der Waals surface area contributed by atoms with Gasteiger partial charge in [-0.15, -0.1) is 0 Å². The van der Waals surface area contributed by atoms with Crippen LogP contribution in [0.25, 0.3) is 0 Å². The predicted molar refractivity (Wildman–Crippen MR) is 142 cm³/mol. The summed E-state index contributed by atoms with van der Waals surface area (Å²) >= 11 is 6.32. The van der Waals surface area contributed by atoms with E-state index in [-0.39, 0.29) is 5.91 Å². The number of ether oxygens (including phenoxy) is 1. The zero-order valence-electron chi connectivity index (χ0n) is 20.6. The van der Waals surface area contributed by atoms with Crippen LogP contribution in [-0.2, 0) is 13.1 Å². The minimum absolute atomic E-state index is 0.137. The van der Waals surface area contributed by atoms with Gasteiger partial charge >= 0.3 is 0 Å². The van der Waals surface area contributed by atoms with Gasteiger partial charge < -0.3 is 25.2 Å². The summed E-state index contributed by atoms with van der Waals surface area (Å²) in [5.41, 5.74) is 2.78. The predicted octanol–water partition coefficient (Wildman–Crippen LogP) is 3.82. The molecule has 1 amide bonds. The molecule has 0 bridgehead atoms. The van der Waals surface area contributed by atoms with Crippen LogP contribution in [0.4, 0.5) is 11.8 Å². The number of methoxy groups -OCH3 is 1. The molecule has 9 heteroatoms. The molecule has 0 saturated carbocycles. The van der Waals surface area contributed by atoms with Crippen molar-refractivity contribution in [1.29, 1.82) is 0 Å². The van der Waals surface area contributed by atoms with Crippen LogP contribution in [0.2, 0.25) is 5.02 Å². The van der Waals surface area contributed by atoms with Crippen LogP contribution in [0.1, 0.15) is 27.9 Å². The lowest BCUT2D eigenvalue weighted by molar-refractivity contribution is 0.0785. The molecule has 2 fully saturated rings. The van der Waals surface area contributed by atoms with E-state index in [1.54, 1.807) is 25.3 Å². The molecule has 0 atom stereocenters. The fourth-order valence-electron chi connectivity index (χ4n) is 4.83. The van der Waals surface area contributed by atoms with Gasteiger partial charge in [-0.3, -0.25) is 4.79 Å². The first kappa shape index (κ1) is 24.3. The van der Waals surface area contributed by atoms with Crippen molar-refractivity contribution >= 4 is 29.3 Å². The maximum Gasteiger partial charge on any atom is 0.259 e. The van der Waals surface area contributed by atoms with E-state index < -0.39 is 0 Å². The number of carbonyl (C=O) groups is 1. The van der Waals surface area contributed by atoms with Crippen molar-refractivity contribution in [2.75, 3.05) is 50.6 Å². The van der Waals surface area contributed by atoms with Gasteiger partial charge in [0.1, 0.15) is 17.1 Å². The third-order valence-electron chi connectivity index (χ3n) is 7.01. The van der Waals surface area contributed by atoms with Gasteiger partial charge in [-0.2, -0.15) is 4.98 Å². The number of hydrogen-bond acceptors (Lipinski definition) is 7. The number of anilines is 2. The Kier molecular flexibility index (Phi) is 6.98. The highest BCUT2D eigenvalue weighted by Gasteiger charge is 2.43.